The Morgan fingerprint density at radius 3 is 2.27 bits per heavy atom. The zero-order valence-electron chi connectivity index (χ0n) is 20.0. The topological polar surface area (TPSA) is 54.9 Å². The third-order valence-electron chi connectivity index (χ3n) is 5.14. The second-order valence-corrected chi connectivity index (χ2v) is 8.74. The molecule has 3 aromatic rings. The number of anilines is 1. The van der Waals surface area contributed by atoms with E-state index in [1.54, 1.807) is 4.90 Å². The molecule has 0 atom stereocenters. The van der Waals surface area contributed by atoms with Gasteiger partial charge in [-0.15, -0.1) is 12.4 Å². The molecule has 2 aromatic carbocycles. The molecule has 1 amide bonds. The number of aromatic nitrogens is 1. The normalized spacial score (nSPS) is 11.0. The fraction of sp³-hybridized carbons (Fsp3) is 0.440. The molecule has 0 unspecified atom stereocenters. The van der Waals surface area contributed by atoms with Crippen molar-refractivity contribution in [3.8, 4) is 11.5 Å². The molecule has 0 aliphatic carbocycles. The largest absolute Gasteiger partial charge is 0.494 e. The van der Waals surface area contributed by atoms with Gasteiger partial charge in [-0.2, -0.15) is 0 Å². The lowest BCUT2D eigenvalue weighted by molar-refractivity contribution is 0.0983. The fourth-order valence-electron chi connectivity index (χ4n) is 3.43. The van der Waals surface area contributed by atoms with Gasteiger partial charge in [-0.1, -0.05) is 25.2 Å². The Labute approximate surface area is 206 Å². The van der Waals surface area contributed by atoms with Gasteiger partial charge < -0.3 is 14.4 Å². The van der Waals surface area contributed by atoms with Gasteiger partial charge in [0.2, 0.25) is 0 Å². The molecule has 0 fully saturated rings. The molecule has 0 spiro atoms. The fourth-order valence-corrected chi connectivity index (χ4v) is 4.45. The number of nitrogens with zero attached hydrogens (tertiary/aromatic N) is 3. The zero-order chi connectivity index (χ0) is 23.1. The highest BCUT2D eigenvalue weighted by molar-refractivity contribution is 7.22. The van der Waals surface area contributed by atoms with Crippen LogP contribution in [0.2, 0.25) is 0 Å². The molecule has 1 aromatic heterocycles. The van der Waals surface area contributed by atoms with Crippen LogP contribution in [0.25, 0.3) is 10.2 Å². The van der Waals surface area contributed by atoms with Gasteiger partial charge in [-0.25, -0.2) is 4.98 Å². The van der Waals surface area contributed by atoms with Gasteiger partial charge in [0.15, 0.2) is 5.13 Å². The van der Waals surface area contributed by atoms with Crippen molar-refractivity contribution in [2.75, 3.05) is 37.7 Å². The summed E-state index contributed by atoms with van der Waals surface area (Å²) in [7, 11) is 0. The number of thiazole rings is 1. The summed E-state index contributed by atoms with van der Waals surface area (Å²) in [6.45, 7) is 14.1. The summed E-state index contributed by atoms with van der Waals surface area (Å²) in [4.78, 5) is 22.4. The average Bonchev–Trinajstić information content (AvgIpc) is 3.20. The molecule has 6 nitrogen and oxygen atoms in total. The number of amides is 1. The number of hydrogen-bond donors (Lipinski definition) is 0. The van der Waals surface area contributed by atoms with Crippen LogP contribution in [0.4, 0.5) is 5.13 Å². The number of rotatable bonds is 11. The van der Waals surface area contributed by atoms with Crippen molar-refractivity contribution in [1.29, 1.82) is 0 Å². The molecule has 0 aliphatic heterocycles. The maximum absolute atomic E-state index is 13.5. The Morgan fingerprint density at radius 2 is 1.67 bits per heavy atom. The molecule has 0 radical (unpaired) electrons. The molecule has 0 N–H and O–H groups in total. The van der Waals surface area contributed by atoms with Crippen LogP contribution >= 0.6 is 23.7 Å². The second kappa shape index (κ2) is 12.8. The van der Waals surface area contributed by atoms with E-state index in [1.165, 1.54) is 11.3 Å². The van der Waals surface area contributed by atoms with Gasteiger partial charge in [-0.05, 0) is 76.3 Å². The number of carbonyl (C=O) groups is 1. The Kier molecular flexibility index (Phi) is 10.4. The summed E-state index contributed by atoms with van der Waals surface area (Å²) in [5.74, 6) is 1.52. The van der Waals surface area contributed by atoms with Crippen LogP contribution in [0.3, 0.4) is 0 Å². The van der Waals surface area contributed by atoms with Crippen LogP contribution in [0.1, 0.15) is 45.0 Å². The van der Waals surface area contributed by atoms with Gasteiger partial charge in [0.1, 0.15) is 11.5 Å². The van der Waals surface area contributed by atoms with Crippen LogP contribution in [-0.4, -0.2) is 54.7 Å². The van der Waals surface area contributed by atoms with Crippen LogP contribution in [0, 0.1) is 0 Å². The first-order chi connectivity index (χ1) is 15.4. The first kappa shape index (κ1) is 26.9. The minimum Gasteiger partial charge on any atom is -0.494 e. The minimum absolute atomic E-state index is 0. The van der Waals surface area contributed by atoms with Crippen molar-refractivity contribution in [3.63, 3.8) is 0 Å². The Balaban J connectivity index is 0.00000385. The summed E-state index contributed by atoms with van der Waals surface area (Å²) in [6, 6.07) is 13.2. The summed E-state index contributed by atoms with van der Waals surface area (Å²) in [5, 5.41) is 0.702. The Hall–Kier alpha value is -2.35. The van der Waals surface area contributed by atoms with Crippen molar-refractivity contribution >= 4 is 45.0 Å². The molecular formula is C25H34ClN3O3S. The number of benzene rings is 2. The smallest absolute Gasteiger partial charge is 0.260 e. The molecule has 3 rings (SSSR count). The van der Waals surface area contributed by atoms with E-state index >= 15 is 0 Å². The number of ether oxygens (including phenoxy) is 2. The number of carbonyl (C=O) groups excluding carboxylic acids is 1. The van der Waals surface area contributed by atoms with E-state index in [-0.39, 0.29) is 24.4 Å². The van der Waals surface area contributed by atoms with E-state index in [1.807, 2.05) is 63.2 Å². The highest BCUT2D eigenvalue weighted by Gasteiger charge is 2.22. The molecular weight excluding hydrogens is 458 g/mol. The van der Waals surface area contributed by atoms with Gasteiger partial charge in [0.05, 0.1) is 22.9 Å². The number of fused-ring (bicyclic) bond motifs is 1. The number of likely N-dealkylation sites (N-methyl/N-ethyl adjacent to an activating group) is 1. The Morgan fingerprint density at radius 1 is 1.00 bits per heavy atom. The van der Waals surface area contributed by atoms with Crippen molar-refractivity contribution < 1.29 is 14.3 Å². The van der Waals surface area contributed by atoms with E-state index in [0.29, 0.717) is 23.8 Å². The molecule has 0 bridgehead atoms. The van der Waals surface area contributed by atoms with E-state index in [4.69, 9.17) is 14.5 Å². The van der Waals surface area contributed by atoms with Crippen LogP contribution in [-0.2, 0) is 0 Å². The molecule has 33 heavy (non-hydrogen) atoms. The first-order valence-corrected chi connectivity index (χ1v) is 12.1. The lowest BCUT2D eigenvalue weighted by atomic mass is 10.2. The maximum atomic E-state index is 13.5. The third kappa shape index (κ3) is 7.06. The highest BCUT2D eigenvalue weighted by Crippen LogP contribution is 2.32. The maximum Gasteiger partial charge on any atom is 0.260 e. The molecule has 0 aliphatic rings. The highest BCUT2D eigenvalue weighted by atomic mass is 35.5. The van der Waals surface area contributed by atoms with E-state index in [0.717, 1.165) is 41.3 Å². The Bertz CT molecular complexity index is 1020. The van der Waals surface area contributed by atoms with Crippen molar-refractivity contribution in [2.24, 2.45) is 0 Å². The lowest BCUT2D eigenvalue weighted by Gasteiger charge is -2.24. The molecule has 0 saturated heterocycles. The monoisotopic (exact) mass is 491 g/mol. The minimum atomic E-state index is -0.0580. The number of hydrogen-bond acceptors (Lipinski definition) is 6. The predicted octanol–water partition coefficient (Wildman–Crippen LogP) is 5.89. The van der Waals surface area contributed by atoms with Crippen LogP contribution in [0.5, 0.6) is 11.5 Å². The first-order valence-electron chi connectivity index (χ1n) is 11.3. The van der Waals surface area contributed by atoms with Gasteiger partial charge in [-0.3, -0.25) is 9.69 Å². The molecule has 0 saturated carbocycles. The molecule has 1 heterocycles. The van der Waals surface area contributed by atoms with Crippen LogP contribution in [0.15, 0.2) is 42.5 Å². The molecule has 180 valence electrons. The molecule has 8 heteroatoms. The van der Waals surface area contributed by atoms with E-state index in [2.05, 4.69) is 18.7 Å². The van der Waals surface area contributed by atoms with Crippen LogP contribution < -0.4 is 14.4 Å². The average molecular weight is 492 g/mol. The van der Waals surface area contributed by atoms with Gasteiger partial charge in [0, 0.05) is 18.7 Å². The predicted molar refractivity (Wildman–Crippen MR) is 140 cm³/mol. The summed E-state index contributed by atoms with van der Waals surface area (Å²) < 4.78 is 12.4. The summed E-state index contributed by atoms with van der Waals surface area (Å²) in [5.41, 5.74) is 1.49. The van der Waals surface area contributed by atoms with Crippen molar-refractivity contribution in [2.45, 2.75) is 40.7 Å². The lowest BCUT2D eigenvalue weighted by Crippen LogP contribution is -2.38. The van der Waals surface area contributed by atoms with E-state index < -0.39 is 0 Å². The quantitative estimate of drug-likeness (QED) is 0.334. The van der Waals surface area contributed by atoms with E-state index in [9.17, 15) is 4.79 Å². The standard InChI is InChI=1S/C25H33N3O3S.ClH/c1-6-27(7-2)15-16-28(24(29)19-9-11-20(12-10-19)31-18(4)5)25-26-22-14-13-21(30-8-3)17-23(22)32-25;/h9-14,17-18H,6-8,15-16H2,1-5H3;1H. The van der Waals surface area contributed by atoms with Crippen molar-refractivity contribution in [1.82, 2.24) is 9.88 Å². The van der Waals surface area contributed by atoms with Gasteiger partial charge >= 0.3 is 0 Å². The second-order valence-electron chi connectivity index (χ2n) is 7.73. The SMILES string of the molecule is CCOc1ccc2nc(N(CCN(CC)CC)C(=O)c3ccc(OC(C)C)cc3)sc2c1.Cl. The summed E-state index contributed by atoms with van der Waals surface area (Å²) in [6.07, 6.45) is 0.0893. The zero-order valence-corrected chi connectivity index (χ0v) is 21.7. The van der Waals surface area contributed by atoms with Gasteiger partial charge in [0.25, 0.3) is 5.91 Å². The summed E-state index contributed by atoms with van der Waals surface area (Å²) >= 11 is 1.52. The van der Waals surface area contributed by atoms with Crippen molar-refractivity contribution in [3.05, 3.63) is 48.0 Å². The number of halogens is 1. The third-order valence-corrected chi connectivity index (χ3v) is 6.18.